The lowest BCUT2D eigenvalue weighted by atomic mass is 10.1. The van der Waals surface area contributed by atoms with Gasteiger partial charge in [0.2, 0.25) is 0 Å². The average Bonchev–Trinajstić information content (AvgIpc) is 2.70. The Labute approximate surface area is 156 Å². The van der Waals surface area contributed by atoms with E-state index in [1.54, 1.807) is 12.3 Å². The van der Waals surface area contributed by atoms with Gasteiger partial charge in [0.05, 0.1) is 0 Å². The minimum Gasteiger partial charge on any atom is -0.372 e. The Bertz CT molecular complexity index is 719. The van der Waals surface area contributed by atoms with Crippen molar-refractivity contribution in [1.82, 2.24) is 4.98 Å². The number of hydrogen-bond donors (Lipinski definition) is 1. The Morgan fingerprint density at radius 3 is 2.42 bits per heavy atom. The summed E-state index contributed by atoms with van der Waals surface area (Å²) in [6.45, 7) is 8.15. The normalized spacial score (nSPS) is 14.2. The van der Waals surface area contributed by atoms with Crippen LogP contribution >= 0.6 is 0 Å². The fraction of sp³-hybridized carbons (Fsp3) is 0.429. The number of carbonyl (C=O) groups is 1. The largest absolute Gasteiger partial charge is 0.372 e. The van der Waals surface area contributed by atoms with Gasteiger partial charge in [0.25, 0.3) is 5.91 Å². The van der Waals surface area contributed by atoms with E-state index < -0.39 is 0 Å². The van der Waals surface area contributed by atoms with Gasteiger partial charge in [-0.15, -0.1) is 0 Å². The van der Waals surface area contributed by atoms with Crippen LogP contribution in [0.2, 0.25) is 0 Å². The molecule has 1 aromatic carbocycles. The van der Waals surface area contributed by atoms with E-state index in [0.717, 1.165) is 37.7 Å². The number of amides is 1. The van der Waals surface area contributed by atoms with Crippen molar-refractivity contribution >= 4 is 23.1 Å². The summed E-state index contributed by atoms with van der Waals surface area (Å²) in [5.74, 6) is 0.731. The zero-order valence-corrected chi connectivity index (χ0v) is 15.7. The number of carbonyl (C=O) groups excluding carboxylic acids is 1. The Kier molecular flexibility index (Phi) is 6.10. The van der Waals surface area contributed by atoms with Crippen molar-refractivity contribution in [1.29, 1.82) is 0 Å². The Hall–Kier alpha value is -2.56. The van der Waals surface area contributed by atoms with Crippen LogP contribution in [0.5, 0.6) is 0 Å². The van der Waals surface area contributed by atoms with Crippen LogP contribution in [0.4, 0.5) is 17.2 Å². The molecule has 138 valence electrons. The molecule has 5 nitrogen and oxygen atoms in total. The van der Waals surface area contributed by atoms with Crippen LogP contribution in [0.25, 0.3) is 0 Å². The van der Waals surface area contributed by atoms with Crippen molar-refractivity contribution in [3.63, 3.8) is 0 Å². The summed E-state index contributed by atoms with van der Waals surface area (Å²) in [5, 5.41) is 2.99. The molecule has 0 bridgehead atoms. The molecule has 0 aliphatic carbocycles. The van der Waals surface area contributed by atoms with E-state index in [1.807, 2.05) is 18.2 Å². The Balaban J connectivity index is 1.67. The summed E-state index contributed by atoms with van der Waals surface area (Å²) in [6.07, 6.45) is 5.54. The molecule has 0 spiro atoms. The van der Waals surface area contributed by atoms with Crippen LogP contribution in [-0.2, 0) is 0 Å². The second-order valence-electron chi connectivity index (χ2n) is 6.62. The highest BCUT2D eigenvalue weighted by Gasteiger charge is 2.12. The molecule has 26 heavy (non-hydrogen) atoms. The van der Waals surface area contributed by atoms with E-state index >= 15 is 0 Å². The predicted molar refractivity (Wildman–Crippen MR) is 108 cm³/mol. The molecule has 1 amide bonds. The number of nitrogens with one attached hydrogen (secondary N) is 1. The molecule has 0 saturated carbocycles. The van der Waals surface area contributed by atoms with Crippen LogP contribution in [0.1, 0.15) is 43.5 Å². The van der Waals surface area contributed by atoms with E-state index in [-0.39, 0.29) is 5.91 Å². The molecule has 2 heterocycles. The van der Waals surface area contributed by atoms with Crippen molar-refractivity contribution in [3.8, 4) is 0 Å². The van der Waals surface area contributed by atoms with E-state index in [0.29, 0.717) is 5.56 Å². The van der Waals surface area contributed by atoms with Gasteiger partial charge in [-0.3, -0.25) is 4.79 Å². The van der Waals surface area contributed by atoms with Crippen LogP contribution in [0.15, 0.2) is 42.6 Å². The third-order valence-electron chi connectivity index (χ3n) is 4.94. The first-order valence-electron chi connectivity index (χ1n) is 9.58. The molecule has 1 N–H and O–H groups in total. The summed E-state index contributed by atoms with van der Waals surface area (Å²) >= 11 is 0. The first-order chi connectivity index (χ1) is 12.7. The average molecular weight is 352 g/mol. The molecule has 0 unspecified atom stereocenters. The first kappa shape index (κ1) is 18.2. The Morgan fingerprint density at radius 2 is 1.77 bits per heavy atom. The molecule has 2 aromatic rings. The molecule has 0 atom stereocenters. The lowest BCUT2D eigenvalue weighted by molar-refractivity contribution is 0.102. The van der Waals surface area contributed by atoms with Crippen LogP contribution < -0.4 is 15.1 Å². The second kappa shape index (κ2) is 8.70. The monoisotopic (exact) mass is 352 g/mol. The standard InChI is InChI=1S/C21H28N4O/c1-3-24(4-2)20-16-17(12-13-22-20)21(26)23-18-8-10-19(11-9-18)25-14-6-5-7-15-25/h8-13,16H,3-7,14-15H2,1-2H3,(H,23,26). The lowest BCUT2D eigenvalue weighted by Crippen LogP contribution is -2.29. The Morgan fingerprint density at radius 1 is 1.08 bits per heavy atom. The highest BCUT2D eigenvalue weighted by Crippen LogP contribution is 2.22. The molecule has 1 aliphatic rings. The number of pyridine rings is 1. The van der Waals surface area contributed by atoms with Gasteiger partial charge in [0.1, 0.15) is 5.82 Å². The molecular weight excluding hydrogens is 324 g/mol. The summed E-state index contributed by atoms with van der Waals surface area (Å²) in [5.41, 5.74) is 2.68. The zero-order chi connectivity index (χ0) is 18.4. The maximum atomic E-state index is 12.6. The van der Waals surface area contributed by atoms with Gasteiger partial charge < -0.3 is 15.1 Å². The van der Waals surface area contributed by atoms with E-state index in [1.165, 1.54) is 24.9 Å². The quantitative estimate of drug-likeness (QED) is 0.848. The number of aromatic nitrogens is 1. The minimum atomic E-state index is -0.105. The molecule has 0 radical (unpaired) electrons. The van der Waals surface area contributed by atoms with Gasteiger partial charge in [-0.05, 0) is 69.5 Å². The van der Waals surface area contributed by atoms with Crippen molar-refractivity contribution in [3.05, 3.63) is 48.2 Å². The van der Waals surface area contributed by atoms with Gasteiger partial charge in [-0.25, -0.2) is 4.98 Å². The maximum Gasteiger partial charge on any atom is 0.255 e. The minimum absolute atomic E-state index is 0.105. The van der Waals surface area contributed by atoms with Gasteiger partial charge in [0, 0.05) is 49.3 Å². The fourth-order valence-corrected chi connectivity index (χ4v) is 3.39. The van der Waals surface area contributed by atoms with Crippen molar-refractivity contribution in [2.24, 2.45) is 0 Å². The summed E-state index contributed by atoms with van der Waals surface area (Å²) in [7, 11) is 0. The highest BCUT2D eigenvalue weighted by molar-refractivity contribution is 6.04. The van der Waals surface area contributed by atoms with Crippen molar-refractivity contribution in [2.75, 3.05) is 41.3 Å². The van der Waals surface area contributed by atoms with Gasteiger partial charge in [-0.1, -0.05) is 0 Å². The summed E-state index contributed by atoms with van der Waals surface area (Å²) in [4.78, 5) is 21.5. The zero-order valence-electron chi connectivity index (χ0n) is 15.7. The summed E-state index contributed by atoms with van der Waals surface area (Å²) < 4.78 is 0. The third kappa shape index (κ3) is 4.34. The first-order valence-corrected chi connectivity index (χ1v) is 9.58. The molecule has 5 heteroatoms. The van der Waals surface area contributed by atoms with Crippen LogP contribution in [0.3, 0.4) is 0 Å². The van der Waals surface area contributed by atoms with Crippen molar-refractivity contribution in [2.45, 2.75) is 33.1 Å². The number of anilines is 3. The maximum absolute atomic E-state index is 12.6. The molecule has 1 fully saturated rings. The molecule has 1 aromatic heterocycles. The van der Waals surface area contributed by atoms with E-state index in [4.69, 9.17) is 0 Å². The highest BCUT2D eigenvalue weighted by atomic mass is 16.1. The topological polar surface area (TPSA) is 48.5 Å². The van der Waals surface area contributed by atoms with Gasteiger partial charge >= 0.3 is 0 Å². The number of nitrogens with zero attached hydrogens (tertiary/aromatic N) is 3. The molecule has 1 saturated heterocycles. The number of benzene rings is 1. The number of rotatable bonds is 6. The molecule has 1 aliphatic heterocycles. The van der Waals surface area contributed by atoms with Gasteiger partial charge in [0.15, 0.2) is 0 Å². The fourth-order valence-electron chi connectivity index (χ4n) is 3.39. The predicted octanol–water partition coefficient (Wildman–Crippen LogP) is 4.17. The van der Waals surface area contributed by atoms with Crippen LogP contribution in [-0.4, -0.2) is 37.1 Å². The van der Waals surface area contributed by atoms with Gasteiger partial charge in [-0.2, -0.15) is 0 Å². The lowest BCUT2D eigenvalue weighted by Gasteiger charge is -2.28. The number of hydrogen-bond acceptors (Lipinski definition) is 4. The van der Waals surface area contributed by atoms with E-state index in [2.05, 4.69) is 46.1 Å². The number of piperidine rings is 1. The van der Waals surface area contributed by atoms with E-state index in [9.17, 15) is 4.79 Å². The molecular formula is C21H28N4O. The smallest absolute Gasteiger partial charge is 0.255 e. The molecule has 3 rings (SSSR count). The van der Waals surface area contributed by atoms with Crippen LogP contribution in [0, 0.1) is 0 Å². The third-order valence-corrected chi connectivity index (χ3v) is 4.94. The summed E-state index contributed by atoms with van der Waals surface area (Å²) in [6, 6.07) is 11.8. The van der Waals surface area contributed by atoms with Crippen molar-refractivity contribution < 1.29 is 4.79 Å². The SMILES string of the molecule is CCN(CC)c1cc(C(=O)Nc2ccc(N3CCCCC3)cc2)ccn1. The second-order valence-corrected chi connectivity index (χ2v) is 6.62.